The van der Waals surface area contributed by atoms with E-state index < -0.39 is 0 Å². The van der Waals surface area contributed by atoms with Crippen molar-refractivity contribution in [1.82, 2.24) is 10.2 Å². The largest absolute Gasteiger partial charge is 0.347 e. The van der Waals surface area contributed by atoms with Gasteiger partial charge in [0.1, 0.15) is 0 Å². The van der Waals surface area contributed by atoms with Crippen LogP contribution in [0.3, 0.4) is 0 Å². The molecule has 0 radical (unpaired) electrons. The van der Waals surface area contributed by atoms with E-state index in [0.717, 1.165) is 24.6 Å². The van der Waals surface area contributed by atoms with Crippen LogP contribution in [0.4, 0.5) is 5.69 Å². The topological polar surface area (TPSA) is 56.7 Å². The molecule has 1 saturated carbocycles. The maximum absolute atomic E-state index is 12.2. The summed E-state index contributed by atoms with van der Waals surface area (Å²) in [4.78, 5) is 18.9. The molecule has 2 aliphatic rings. The molecular weight excluding hydrogens is 324 g/mol. The summed E-state index contributed by atoms with van der Waals surface area (Å²) in [6.07, 6.45) is 13.3. The van der Waals surface area contributed by atoms with E-state index in [4.69, 9.17) is 6.42 Å². The fourth-order valence-electron chi connectivity index (χ4n) is 4.21. The van der Waals surface area contributed by atoms with Gasteiger partial charge in [0.2, 0.25) is 5.91 Å². The Hall–Kier alpha value is -2.48. The molecule has 0 bridgehead atoms. The molecule has 0 aromatic heterocycles. The zero-order valence-corrected chi connectivity index (χ0v) is 15.6. The van der Waals surface area contributed by atoms with E-state index in [-0.39, 0.29) is 12.5 Å². The first kappa shape index (κ1) is 18.3. The van der Waals surface area contributed by atoms with Crippen LogP contribution < -0.4 is 10.6 Å². The predicted octanol–water partition coefficient (Wildman–Crippen LogP) is 2.84. The summed E-state index contributed by atoms with van der Waals surface area (Å²) in [6.45, 7) is 2.26. The zero-order chi connectivity index (χ0) is 18.4. The van der Waals surface area contributed by atoms with Gasteiger partial charge < -0.3 is 15.5 Å². The lowest BCUT2D eigenvalue weighted by Gasteiger charge is -2.33. The second-order valence-corrected chi connectivity index (χ2v) is 7.41. The molecule has 5 nitrogen and oxygen atoms in total. The summed E-state index contributed by atoms with van der Waals surface area (Å²) >= 11 is 0. The van der Waals surface area contributed by atoms with E-state index in [1.165, 1.54) is 38.5 Å². The Morgan fingerprint density at radius 3 is 2.85 bits per heavy atom. The molecule has 1 aromatic rings. The van der Waals surface area contributed by atoms with Gasteiger partial charge in [-0.3, -0.25) is 9.79 Å². The molecular formula is C21H28N4O. The summed E-state index contributed by atoms with van der Waals surface area (Å²) in [7, 11) is 1.78. The third-order valence-corrected chi connectivity index (χ3v) is 5.58. The van der Waals surface area contributed by atoms with Crippen LogP contribution in [-0.4, -0.2) is 43.4 Å². The first-order valence-corrected chi connectivity index (χ1v) is 9.46. The van der Waals surface area contributed by atoms with Crippen molar-refractivity contribution in [3.63, 3.8) is 0 Å². The smallest absolute Gasteiger partial charge is 0.243 e. The number of nitrogens with zero attached hydrogens (tertiary/aromatic N) is 2. The Morgan fingerprint density at radius 1 is 1.31 bits per heavy atom. The number of rotatable bonds is 3. The second kappa shape index (κ2) is 8.27. The predicted molar refractivity (Wildman–Crippen MR) is 106 cm³/mol. The molecule has 26 heavy (non-hydrogen) atoms. The summed E-state index contributed by atoms with van der Waals surface area (Å²) < 4.78 is 0. The van der Waals surface area contributed by atoms with Crippen LogP contribution in [0.5, 0.6) is 0 Å². The summed E-state index contributed by atoms with van der Waals surface area (Å²) in [6, 6.07) is 7.30. The number of hydrogen-bond acceptors (Lipinski definition) is 2. The number of carbonyl (C=O) groups is 1. The van der Waals surface area contributed by atoms with Crippen molar-refractivity contribution >= 4 is 17.6 Å². The van der Waals surface area contributed by atoms with Crippen molar-refractivity contribution in [3.05, 3.63) is 29.8 Å². The van der Waals surface area contributed by atoms with Crippen molar-refractivity contribution in [1.29, 1.82) is 0 Å². The van der Waals surface area contributed by atoms with Gasteiger partial charge in [0, 0.05) is 31.4 Å². The highest BCUT2D eigenvalue weighted by molar-refractivity contribution is 5.95. The third kappa shape index (κ3) is 4.37. The van der Waals surface area contributed by atoms with Gasteiger partial charge in [-0.1, -0.05) is 31.2 Å². The number of anilines is 1. The van der Waals surface area contributed by atoms with Crippen molar-refractivity contribution in [2.45, 2.75) is 38.5 Å². The van der Waals surface area contributed by atoms with Crippen molar-refractivity contribution < 1.29 is 4.79 Å². The number of aliphatic imine (C=N–C) groups is 1. The van der Waals surface area contributed by atoms with Crippen molar-refractivity contribution in [2.24, 2.45) is 10.4 Å². The Morgan fingerprint density at radius 2 is 2.12 bits per heavy atom. The maximum Gasteiger partial charge on any atom is 0.243 e. The van der Waals surface area contributed by atoms with Gasteiger partial charge in [0.05, 0.1) is 6.54 Å². The van der Waals surface area contributed by atoms with Gasteiger partial charge in [-0.25, -0.2) is 0 Å². The molecule has 1 aliphatic heterocycles. The average Bonchev–Trinajstić information content (AvgIpc) is 3.06. The number of terminal acetylenes is 1. The molecule has 1 aliphatic carbocycles. The zero-order valence-electron chi connectivity index (χ0n) is 15.6. The van der Waals surface area contributed by atoms with Crippen LogP contribution in [0.15, 0.2) is 29.3 Å². The molecule has 0 atom stereocenters. The highest BCUT2D eigenvalue weighted by atomic mass is 16.1. The molecule has 1 amide bonds. The number of benzene rings is 1. The normalized spacial score (nSPS) is 19.2. The van der Waals surface area contributed by atoms with Crippen LogP contribution in [0, 0.1) is 17.8 Å². The quantitative estimate of drug-likeness (QED) is 0.500. The van der Waals surface area contributed by atoms with Crippen LogP contribution in [0.25, 0.3) is 0 Å². The minimum absolute atomic E-state index is 0.105. The summed E-state index contributed by atoms with van der Waals surface area (Å²) in [5.74, 6) is 3.29. The highest BCUT2D eigenvalue weighted by Crippen LogP contribution is 2.43. The number of nitrogens with one attached hydrogen (secondary N) is 2. The van der Waals surface area contributed by atoms with Gasteiger partial charge in [0.25, 0.3) is 0 Å². The fraction of sp³-hybridized carbons (Fsp3) is 0.524. The molecule has 0 unspecified atom stereocenters. The van der Waals surface area contributed by atoms with E-state index in [1.54, 1.807) is 13.1 Å². The molecule has 1 aromatic carbocycles. The molecule has 2 fully saturated rings. The van der Waals surface area contributed by atoms with Crippen molar-refractivity contribution in [3.8, 4) is 12.3 Å². The molecule has 138 valence electrons. The lowest BCUT2D eigenvalue weighted by atomic mass is 9.73. The first-order valence-electron chi connectivity index (χ1n) is 9.46. The first-order chi connectivity index (χ1) is 12.6. The molecule has 1 saturated heterocycles. The van der Waals surface area contributed by atoms with Gasteiger partial charge in [0.15, 0.2) is 5.96 Å². The number of hydrogen-bond donors (Lipinski definition) is 2. The lowest BCUT2D eigenvalue weighted by Crippen LogP contribution is -2.44. The van der Waals surface area contributed by atoms with E-state index in [0.29, 0.717) is 11.1 Å². The fourth-order valence-corrected chi connectivity index (χ4v) is 4.21. The molecule has 1 spiro atoms. The molecule has 2 N–H and O–H groups in total. The van der Waals surface area contributed by atoms with Gasteiger partial charge in [-0.05, 0) is 42.9 Å². The molecule has 3 rings (SSSR count). The van der Waals surface area contributed by atoms with E-state index in [2.05, 4.69) is 26.4 Å². The Bertz CT molecular complexity index is 713. The molecule has 5 heteroatoms. The number of carbonyl (C=O) groups excluding carboxylic acids is 1. The lowest BCUT2D eigenvalue weighted by molar-refractivity contribution is -0.115. The maximum atomic E-state index is 12.2. The third-order valence-electron chi connectivity index (χ3n) is 5.58. The van der Waals surface area contributed by atoms with Crippen LogP contribution in [0.1, 0.15) is 44.1 Å². The van der Waals surface area contributed by atoms with E-state index >= 15 is 0 Å². The summed E-state index contributed by atoms with van der Waals surface area (Å²) in [5, 5.41) is 6.08. The van der Waals surface area contributed by atoms with Crippen LogP contribution >= 0.6 is 0 Å². The number of amides is 1. The van der Waals surface area contributed by atoms with Gasteiger partial charge in [-0.15, -0.1) is 6.42 Å². The van der Waals surface area contributed by atoms with E-state index in [1.807, 2.05) is 18.2 Å². The summed E-state index contributed by atoms with van der Waals surface area (Å²) in [5.41, 5.74) is 1.93. The minimum Gasteiger partial charge on any atom is -0.347 e. The second-order valence-electron chi connectivity index (χ2n) is 7.41. The number of guanidine groups is 1. The van der Waals surface area contributed by atoms with Gasteiger partial charge >= 0.3 is 0 Å². The van der Waals surface area contributed by atoms with Crippen LogP contribution in [0.2, 0.25) is 0 Å². The van der Waals surface area contributed by atoms with Crippen LogP contribution in [-0.2, 0) is 4.79 Å². The Kier molecular flexibility index (Phi) is 5.82. The Labute approximate surface area is 156 Å². The standard InChI is InChI=1S/C21H28N4O/c1-3-17-8-7-9-18(14-17)24-19(26)15-23-20(22-2)25-13-12-21(16-25)10-5-4-6-11-21/h1,7-9,14H,4-6,10-13,15-16H2,2H3,(H,22,23)(H,24,26). The monoisotopic (exact) mass is 352 g/mol. The van der Waals surface area contributed by atoms with Gasteiger partial charge in [-0.2, -0.15) is 0 Å². The van der Waals surface area contributed by atoms with Crippen molar-refractivity contribution in [2.75, 3.05) is 32.0 Å². The minimum atomic E-state index is -0.105. The highest BCUT2D eigenvalue weighted by Gasteiger charge is 2.39. The SMILES string of the molecule is C#Cc1cccc(NC(=O)CNC(=NC)N2CCC3(CCCCC3)C2)c1. The Balaban J connectivity index is 1.51. The average molecular weight is 352 g/mol. The van der Waals surface area contributed by atoms with E-state index in [9.17, 15) is 4.79 Å². The number of likely N-dealkylation sites (tertiary alicyclic amines) is 1. The molecule has 1 heterocycles.